The zero-order valence-corrected chi connectivity index (χ0v) is 13.9. The molecular weight excluding hydrogens is 314 g/mol. The number of carbonyl (C=O) groups excluding carboxylic acids is 1. The summed E-state index contributed by atoms with van der Waals surface area (Å²) >= 11 is 1.59. The van der Waals surface area contributed by atoms with E-state index in [-0.39, 0.29) is 5.97 Å². The third kappa shape index (κ3) is 3.02. The predicted octanol–water partition coefficient (Wildman–Crippen LogP) is 2.46. The summed E-state index contributed by atoms with van der Waals surface area (Å²) in [6.07, 6.45) is 0. The van der Waals surface area contributed by atoms with Crippen molar-refractivity contribution in [2.45, 2.75) is 13.8 Å². The molecule has 0 saturated heterocycles. The van der Waals surface area contributed by atoms with Crippen LogP contribution in [0.5, 0.6) is 0 Å². The van der Waals surface area contributed by atoms with Gasteiger partial charge in [0.1, 0.15) is 5.82 Å². The largest absolute Gasteiger partial charge is 0.469 e. The van der Waals surface area contributed by atoms with Crippen molar-refractivity contribution >= 4 is 28.8 Å². The molecular formula is C15H17N5O2S. The first-order valence-electron chi connectivity index (χ1n) is 7.08. The van der Waals surface area contributed by atoms with E-state index in [1.807, 2.05) is 42.8 Å². The van der Waals surface area contributed by atoms with Crippen LogP contribution >= 0.6 is 11.3 Å². The van der Waals surface area contributed by atoms with Crippen molar-refractivity contribution in [2.24, 2.45) is 5.41 Å². The monoisotopic (exact) mass is 331 g/mol. The number of ether oxygens (including phenoxy) is 1. The van der Waals surface area contributed by atoms with E-state index in [1.54, 1.807) is 15.9 Å². The molecule has 0 bridgehead atoms. The Balaban J connectivity index is 1.85. The number of methoxy groups -OCH3 is 1. The Morgan fingerprint density at radius 3 is 2.87 bits per heavy atom. The Bertz CT molecular complexity index is 826. The summed E-state index contributed by atoms with van der Waals surface area (Å²) in [5.41, 5.74) is 1.00. The zero-order valence-electron chi connectivity index (χ0n) is 13.1. The Morgan fingerprint density at radius 2 is 2.17 bits per heavy atom. The van der Waals surface area contributed by atoms with Crippen molar-refractivity contribution in [1.82, 2.24) is 19.8 Å². The van der Waals surface area contributed by atoms with Gasteiger partial charge in [-0.15, -0.1) is 15.3 Å². The van der Waals surface area contributed by atoms with Crippen molar-refractivity contribution in [3.05, 3.63) is 29.0 Å². The number of thiophene rings is 1. The molecule has 3 aromatic heterocycles. The van der Waals surface area contributed by atoms with E-state index >= 15 is 0 Å². The molecule has 0 saturated carbocycles. The van der Waals surface area contributed by atoms with Crippen LogP contribution in [0.4, 0.5) is 5.82 Å². The molecule has 3 rings (SSSR count). The van der Waals surface area contributed by atoms with Gasteiger partial charge in [-0.1, -0.05) is 0 Å². The number of rotatable bonds is 5. The van der Waals surface area contributed by atoms with Crippen molar-refractivity contribution < 1.29 is 9.53 Å². The molecule has 0 aliphatic carbocycles. The van der Waals surface area contributed by atoms with Gasteiger partial charge in [-0.3, -0.25) is 4.79 Å². The summed E-state index contributed by atoms with van der Waals surface area (Å²) in [7, 11) is 1.39. The van der Waals surface area contributed by atoms with Crippen LogP contribution in [0.2, 0.25) is 0 Å². The molecule has 0 aliphatic rings. The highest BCUT2D eigenvalue weighted by atomic mass is 32.1. The van der Waals surface area contributed by atoms with Gasteiger partial charge >= 0.3 is 5.97 Å². The standard InChI is InChI=1S/C15H17N5O2S/c1-15(2,14(21)22-3)9-16-11-4-5-12-17-18-13(20(12)19-11)10-6-7-23-8-10/h4-8H,9H2,1-3H3,(H,16,19). The fourth-order valence-corrected chi connectivity index (χ4v) is 2.75. The number of fused-ring (bicyclic) bond motifs is 1. The fraction of sp³-hybridized carbons (Fsp3) is 0.333. The highest BCUT2D eigenvalue weighted by Gasteiger charge is 2.28. The minimum absolute atomic E-state index is 0.269. The van der Waals surface area contributed by atoms with E-state index in [9.17, 15) is 4.79 Å². The highest BCUT2D eigenvalue weighted by molar-refractivity contribution is 7.08. The second-order valence-corrected chi connectivity index (χ2v) is 6.53. The van der Waals surface area contributed by atoms with Gasteiger partial charge in [-0.25, -0.2) is 0 Å². The number of hydrogen-bond donors (Lipinski definition) is 1. The van der Waals surface area contributed by atoms with Gasteiger partial charge in [0.15, 0.2) is 11.5 Å². The molecule has 0 aromatic carbocycles. The second-order valence-electron chi connectivity index (χ2n) is 5.75. The van der Waals surface area contributed by atoms with Crippen LogP contribution in [0.1, 0.15) is 13.8 Å². The van der Waals surface area contributed by atoms with Crippen LogP contribution in [0, 0.1) is 5.41 Å². The summed E-state index contributed by atoms with van der Waals surface area (Å²) in [6.45, 7) is 4.05. The Morgan fingerprint density at radius 1 is 1.35 bits per heavy atom. The predicted molar refractivity (Wildman–Crippen MR) is 88.4 cm³/mol. The van der Waals surface area contributed by atoms with Gasteiger partial charge in [0.25, 0.3) is 0 Å². The summed E-state index contributed by atoms with van der Waals surface area (Å²) < 4.78 is 6.50. The summed E-state index contributed by atoms with van der Waals surface area (Å²) in [6, 6.07) is 5.63. The van der Waals surface area contributed by atoms with E-state index in [1.165, 1.54) is 7.11 Å². The minimum Gasteiger partial charge on any atom is -0.469 e. The van der Waals surface area contributed by atoms with Crippen molar-refractivity contribution in [1.29, 1.82) is 0 Å². The molecule has 8 heteroatoms. The lowest BCUT2D eigenvalue weighted by Gasteiger charge is -2.21. The smallest absolute Gasteiger partial charge is 0.313 e. The summed E-state index contributed by atoms with van der Waals surface area (Å²) in [5, 5.41) is 20.0. The van der Waals surface area contributed by atoms with Crippen LogP contribution < -0.4 is 5.32 Å². The molecule has 0 amide bonds. The maximum absolute atomic E-state index is 11.7. The van der Waals surface area contributed by atoms with Gasteiger partial charge < -0.3 is 10.1 Å². The molecule has 23 heavy (non-hydrogen) atoms. The molecule has 0 aliphatic heterocycles. The maximum atomic E-state index is 11.7. The van der Waals surface area contributed by atoms with Crippen LogP contribution in [0.25, 0.3) is 17.0 Å². The van der Waals surface area contributed by atoms with Crippen molar-refractivity contribution in [3.63, 3.8) is 0 Å². The number of anilines is 1. The topological polar surface area (TPSA) is 81.4 Å². The van der Waals surface area contributed by atoms with Crippen molar-refractivity contribution in [3.8, 4) is 11.4 Å². The highest BCUT2D eigenvalue weighted by Crippen LogP contribution is 2.22. The molecule has 1 N–H and O–H groups in total. The third-order valence-electron chi connectivity index (χ3n) is 3.49. The fourth-order valence-electron chi connectivity index (χ4n) is 2.11. The number of nitrogens with zero attached hydrogens (tertiary/aromatic N) is 4. The van der Waals surface area contributed by atoms with Gasteiger partial charge in [-0.2, -0.15) is 15.9 Å². The van der Waals surface area contributed by atoms with Gasteiger partial charge in [-0.05, 0) is 37.4 Å². The lowest BCUT2D eigenvalue weighted by atomic mass is 9.94. The Hall–Kier alpha value is -2.48. The van der Waals surface area contributed by atoms with Gasteiger partial charge in [0.2, 0.25) is 0 Å². The first-order valence-corrected chi connectivity index (χ1v) is 8.03. The minimum atomic E-state index is -0.644. The van der Waals surface area contributed by atoms with Crippen LogP contribution in [0.3, 0.4) is 0 Å². The lowest BCUT2D eigenvalue weighted by molar-refractivity contribution is -0.149. The normalized spacial score (nSPS) is 11.6. The van der Waals surface area contributed by atoms with Crippen LogP contribution in [-0.4, -0.2) is 39.4 Å². The zero-order chi connectivity index (χ0) is 16.4. The number of esters is 1. The van der Waals surface area contributed by atoms with Gasteiger partial charge in [0, 0.05) is 17.5 Å². The average molecular weight is 331 g/mol. The number of hydrogen-bond acceptors (Lipinski definition) is 7. The first-order chi connectivity index (χ1) is 11.0. The molecule has 0 fully saturated rings. The van der Waals surface area contributed by atoms with E-state index < -0.39 is 5.41 Å². The van der Waals surface area contributed by atoms with Gasteiger partial charge in [0.05, 0.1) is 12.5 Å². The third-order valence-corrected chi connectivity index (χ3v) is 4.17. The molecule has 120 valence electrons. The summed E-state index contributed by atoms with van der Waals surface area (Å²) in [4.78, 5) is 11.7. The molecule has 3 heterocycles. The lowest BCUT2D eigenvalue weighted by Crippen LogP contribution is -2.33. The van der Waals surface area contributed by atoms with Crippen LogP contribution in [-0.2, 0) is 9.53 Å². The number of aromatic nitrogens is 4. The quantitative estimate of drug-likeness (QED) is 0.723. The number of nitrogens with one attached hydrogen (secondary N) is 1. The average Bonchev–Trinajstić information content (AvgIpc) is 3.20. The van der Waals surface area contributed by atoms with E-state index in [4.69, 9.17) is 4.74 Å². The van der Waals surface area contributed by atoms with Crippen LogP contribution in [0.15, 0.2) is 29.0 Å². The summed E-state index contributed by atoms with van der Waals surface area (Å²) in [5.74, 6) is 1.07. The maximum Gasteiger partial charge on any atom is 0.313 e. The Labute approximate surface area is 137 Å². The first kappa shape index (κ1) is 15.4. The molecule has 0 atom stereocenters. The van der Waals surface area contributed by atoms with E-state index in [0.29, 0.717) is 23.8 Å². The van der Waals surface area contributed by atoms with Crippen molar-refractivity contribution in [2.75, 3.05) is 19.0 Å². The molecule has 7 nitrogen and oxygen atoms in total. The molecule has 0 unspecified atom stereocenters. The Kier molecular flexibility index (Phi) is 3.99. The van der Waals surface area contributed by atoms with E-state index in [0.717, 1.165) is 5.56 Å². The molecule has 0 spiro atoms. The molecule has 3 aromatic rings. The van der Waals surface area contributed by atoms with E-state index in [2.05, 4.69) is 20.6 Å². The number of carbonyl (C=O) groups is 1. The SMILES string of the molecule is COC(=O)C(C)(C)CNc1ccc2nnc(-c3ccsc3)n2n1. The second kappa shape index (κ2) is 5.96. The molecule has 0 radical (unpaired) electrons.